The van der Waals surface area contributed by atoms with E-state index in [2.05, 4.69) is 36.5 Å². The van der Waals surface area contributed by atoms with Crippen LogP contribution in [0.1, 0.15) is 10.4 Å². The van der Waals surface area contributed by atoms with Crippen molar-refractivity contribution in [3.05, 3.63) is 71.0 Å². The molecule has 0 fully saturated rings. The molecule has 0 radical (unpaired) electrons. The van der Waals surface area contributed by atoms with Gasteiger partial charge in [-0.1, -0.05) is 34.1 Å². The number of rotatable bonds is 5. The van der Waals surface area contributed by atoms with E-state index in [1.807, 2.05) is 6.07 Å². The fourth-order valence-electron chi connectivity index (χ4n) is 2.28. The van der Waals surface area contributed by atoms with Gasteiger partial charge in [0.15, 0.2) is 5.82 Å². The van der Waals surface area contributed by atoms with E-state index >= 15 is 0 Å². The zero-order valence-corrected chi connectivity index (χ0v) is 15.6. The summed E-state index contributed by atoms with van der Waals surface area (Å²) >= 11 is 3.29. The number of phenolic OH excluding ortho intramolecular Hbond substituents is 1. The van der Waals surface area contributed by atoms with E-state index in [4.69, 9.17) is 0 Å². The molecule has 1 heterocycles. The summed E-state index contributed by atoms with van der Waals surface area (Å²) in [5, 5.41) is 14.7. The molecule has 0 saturated carbocycles. The van der Waals surface area contributed by atoms with Gasteiger partial charge >= 0.3 is 0 Å². The summed E-state index contributed by atoms with van der Waals surface area (Å²) in [5.74, 6) is -0.199. The zero-order valence-electron chi connectivity index (χ0n) is 14.0. The molecule has 0 unspecified atom stereocenters. The van der Waals surface area contributed by atoms with Gasteiger partial charge < -0.3 is 15.7 Å². The molecule has 0 aliphatic rings. The Morgan fingerprint density at radius 2 is 1.78 bits per heavy atom. The minimum Gasteiger partial charge on any atom is -0.508 e. The number of phenols is 1. The summed E-state index contributed by atoms with van der Waals surface area (Å²) in [5.41, 5.74) is 1.52. The second-order valence-electron chi connectivity index (χ2n) is 5.59. The van der Waals surface area contributed by atoms with Crippen molar-refractivity contribution in [2.45, 2.75) is 0 Å². The Hall–Kier alpha value is -3.26. The summed E-state index contributed by atoms with van der Waals surface area (Å²) in [6, 6.07) is 13.4. The summed E-state index contributed by atoms with van der Waals surface area (Å²) in [6.07, 6.45) is 2.92. The Bertz CT molecular complexity index is 977. The molecule has 3 rings (SSSR count). The highest BCUT2D eigenvalue weighted by atomic mass is 79.9. The van der Waals surface area contributed by atoms with Crippen LogP contribution in [0, 0.1) is 0 Å². The van der Waals surface area contributed by atoms with Crippen LogP contribution in [0.25, 0.3) is 11.4 Å². The maximum absolute atomic E-state index is 12.0. The molecule has 1 aromatic heterocycles. The average Bonchev–Trinajstić information content (AvgIpc) is 2.67. The van der Waals surface area contributed by atoms with Crippen LogP contribution in [0.2, 0.25) is 0 Å². The Labute approximate surface area is 163 Å². The van der Waals surface area contributed by atoms with Crippen molar-refractivity contribution in [2.24, 2.45) is 0 Å². The minimum absolute atomic E-state index is 0.120. The average molecular weight is 427 g/mol. The smallest absolute Gasteiger partial charge is 0.251 e. The molecular weight excluding hydrogens is 412 g/mol. The Morgan fingerprint density at radius 1 is 1.04 bits per heavy atom. The molecular formula is C19H15BrN4O3. The first-order chi connectivity index (χ1) is 13.0. The van der Waals surface area contributed by atoms with Crippen molar-refractivity contribution in [2.75, 3.05) is 11.9 Å². The lowest BCUT2D eigenvalue weighted by Gasteiger charge is -2.07. The largest absolute Gasteiger partial charge is 0.508 e. The first kappa shape index (κ1) is 18.5. The fourth-order valence-corrected chi connectivity index (χ4v) is 2.68. The second-order valence-corrected chi connectivity index (χ2v) is 6.50. The number of anilines is 1. The lowest BCUT2D eigenvalue weighted by molar-refractivity contribution is -0.115. The Kier molecular flexibility index (Phi) is 5.77. The van der Waals surface area contributed by atoms with Gasteiger partial charge in [0, 0.05) is 15.6 Å². The summed E-state index contributed by atoms with van der Waals surface area (Å²) < 4.78 is 0.781. The van der Waals surface area contributed by atoms with Crippen molar-refractivity contribution < 1.29 is 14.7 Å². The second kappa shape index (κ2) is 8.41. The number of carbonyl (C=O) groups excluding carboxylic acids is 2. The molecule has 7 nitrogen and oxygen atoms in total. The highest BCUT2D eigenvalue weighted by Crippen LogP contribution is 2.20. The van der Waals surface area contributed by atoms with Gasteiger partial charge in [0.2, 0.25) is 5.91 Å². The SMILES string of the molecule is O=C(CNC(=O)c1cccc(Br)c1)Nc1cnc(-c2cccc(O)c2)nc1. The molecule has 0 aliphatic heterocycles. The molecule has 3 aromatic rings. The van der Waals surface area contributed by atoms with Crippen LogP contribution in [0.5, 0.6) is 5.75 Å². The van der Waals surface area contributed by atoms with E-state index in [1.165, 1.54) is 12.4 Å². The molecule has 0 atom stereocenters. The maximum atomic E-state index is 12.0. The molecule has 136 valence electrons. The standard InChI is InChI=1S/C19H15BrN4O3/c20-14-5-1-4-13(7-14)19(27)23-11-17(26)24-15-9-21-18(22-10-15)12-3-2-6-16(25)8-12/h1-10,25H,11H2,(H,23,27)(H,24,26). The van der Waals surface area contributed by atoms with Crippen LogP contribution < -0.4 is 10.6 Å². The quantitative estimate of drug-likeness (QED) is 0.581. The van der Waals surface area contributed by atoms with E-state index in [9.17, 15) is 14.7 Å². The molecule has 8 heteroatoms. The summed E-state index contributed by atoms with van der Waals surface area (Å²) in [6.45, 7) is -0.181. The van der Waals surface area contributed by atoms with E-state index in [0.29, 0.717) is 22.6 Å². The van der Waals surface area contributed by atoms with Crippen molar-refractivity contribution in [1.82, 2.24) is 15.3 Å². The van der Waals surface area contributed by atoms with Crippen molar-refractivity contribution >= 4 is 33.4 Å². The number of halogens is 1. The van der Waals surface area contributed by atoms with Crippen LogP contribution in [0.3, 0.4) is 0 Å². The fraction of sp³-hybridized carbons (Fsp3) is 0.0526. The van der Waals surface area contributed by atoms with Crippen LogP contribution in [-0.4, -0.2) is 33.4 Å². The predicted molar refractivity (Wildman–Crippen MR) is 104 cm³/mol. The lowest BCUT2D eigenvalue weighted by atomic mass is 10.2. The molecule has 0 saturated heterocycles. The molecule has 0 spiro atoms. The minimum atomic E-state index is -0.396. The van der Waals surface area contributed by atoms with E-state index < -0.39 is 5.91 Å². The summed E-state index contributed by atoms with van der Waals surface area (Å²) in [4.78, 5) is 32.3. The first-order valence-corrected chi connectivity index (χ1v) is 8.75. The number of amides is 2. The monoisotopic (exact) mass is 426 g/mol. The number of aromatic nitrogens is 2. The number of aromatic hydroxyl groups is 1. The van der Waals surface area contributed by atoms with Gasteiger partial charge in [-0.2, -0.15) is 0 Å². The molecule has 2 aromatic carbocycles. The first-order valence-electron chi connectivity index (χ1n) is 7.96. The van der Waals surface area contributed by atoms with Crippen LogP contribution >= 0.6 is 15.9 Å². The van der Waals surface area contributed by atoms with Crippen LogP contribution in [-0.2, 0) is 4.79 Å². The van der Waals surface area contributed by atoms with E-state index in [0.717, 1.165) is 4.47 Å². The van der Waals surface area contributed by atoms with Gasteiger partial charge in [0.1, 0.15) is 5.75 Å². The van der Waals surface area contributed by atoms with Gasteiger partial charge in [-0.25, -0.2) is 9.97 Å². The third-order valence-electron chi connectivity index (χ3n) is 3.54. The molecule has 27 heavy (non-hydrogen) atoms. The summed E-state index contributed by atoms with van der Waals surface area (Å²) in [7, 11) is 0. The zero-order chi connectivity index (χ0) is 19.2. The third kappa shape index (κ3) is 5.11. The number of hydrogen-bond acceptors (Lipinski definition) is 5. The molecule has 0 bridgehead atoms. The number of carbonyl (C=O) groups is 2. The van der Waals surface area contributed by atoms with Gasteiger partial charge in [-0.3, -0.25) is 9.59 Å². The van der Waals surface area contributed by atoms with Crippen LogP contribution in [0.15, 0.2) is 65.4 Å². The van der Waals surface area contributed by atoms with E-state index in [1.54, 1.807) is 42.5 Å². The number of nitrogens with zero attached hydrogens (tertiary/aromatic N) is 2. The molecule has 0 aliphatic carbocycles. The van der Waals surface area contributed by atoms with Crippen molar-refractivity contribution in [3.8, 4) is 17.1 Å². The van der Waals surface area contributed by atoms with Crippen molar-refractivity contribution in [3.63, 3.8) is 0 Å². The lowest BCUT2D eigenvalue weighted by Crippen LogP contribution is -2.32. The van der Waals surface area contributed by atoms with Gasteiger partial charge in [-0.05, 0) is 30.3 Å². The van der Waals surface area contributed by atoms with Crippen LogP contribution in [0.4, 0.5) is 5.69 Å². The normalized spacial score (nSPS) is 10.3. The van der Waals surface area contributed by atoms with Gasteiger partial charge in [0.05, 0.1) is 24.6 Å². The van der Waals surface area contributed by atoms with E-state index in [-0.39, 0.29) is 18.2 Å². The topological polar surface area (TPSA) is 104 Å². The van der Waals surface area contributed by atoms with Gasteiger partial charge in [0.25, 0.3) is 5.91 Å². The highest BCUT2D eigenvalue weighted by molar-refractivity contribution is 9.10. The highest BCUT2D eigenvalue weighted by Gasteiger charge is 2.09. The number of hydrogen-bond donors (Lipinski definition) is 3. The maximum Gasteiger partial charge on any atom is 0.251 e. The predicted octanol–water partition coefficient (Wildman–Crippen LogP) is 2.98. The Morgan fingerprint density at radius 3 is 2.48 bits per heavy atom. The van der Waals surface area contributed by atoms with Gasteiger partial charge in [-0.15, -0.1) is 0 Å². The van der Waals surface area contributed by atoms with Crippen molar-refractivity contribution in [1.29, 1.82) is 0 Å². The third-order valence-corrected chi connectivity index (χ3v) is 4.03. The molecule has 2 amide bonds. The number of benzene rings is 2. The Balaban J connectivity index is 1.55. The number of nitrogens with one attached hydrogen (secondary N) is 2. The molecule has 3 N–H and O–H groups in total.